The molecule has 0 aliphatic heterocycles. The van der Waals surface area contributed by atoms with Crippen LogP contribution in [0, 0.1) is 6.92 Å². The number of hydrogen-bond donors (Lipinski definition) is 2. The highest BCUT2D eigenvalue weighted by molar-refractivity contribution is 7.17. The Labute approximate surface area is 114 Å². The van der Waals surface area contributed by atoms with Gasteiger partial charge in [0, 0.05) is 12.7 Å². The molecule has 0 radical (unpaired) electrons. The normalized spacial score (nSPS) is 10.1. The smallest absolute Gasteiger partial charge is 0.286 e. The van der Waals surface area contributed by atoms with Crippen LogP contribution in [0.25, 0.3) is 0 Å². The van der Waals surface area contributed by atoms with Crippen LogP contribution in [0.2, 0.25) is 0 Å². The number of aryl methyl sites for hydroxylation is 1. The Bertz CT molecular complexity index is 597. The summed E-state index contributed by atoms with van der Waals surface area (Å²) in [5.41, 5.74) is 1.65. The predicted octanol–water partition coefficient (Wildman–Crippen LogP) is 2.15. The lowest BCUT2D eigenvalue weighted by molar-refractivity contribution is 0.102. The van der Waals surface area contributed by atoms with Crippen molar-refractivity contribution in [2.45, 2.75) is 6.92 Å². The van der Waals surface area contributed by atoms with Crippen LogP contribution < -0.4 is 15.4 Å². The highest BCUT2D eigenvalue weighted by Gasteiger charge is 2.12. The molecule has 0 aliphatic rings. The third kappa shape index (κ3) is 3.00. The van der Waals surface area contributed by atoms with Crippen LogP contribution in [0.15, 0.2) is 18.2 Å². The molecule has 0 fully saturated rings. The second-order valence-electron chi connectivity index (χ2n) is 3.80. The lowest BCUT2D eigenvalue weighted by atomic mass is 10.2. The van der Waals surface area contributed by atoms with Crippen LogP contribution in [0.3, 0.4) is 0 Å². The van der Waals surface area contributed by atoms with Gasteiger partial charge in [-0.1, -0.05) is 11.3 Å². The minimum absolute atomic E-state index is 0.274. The summed E-state index contributed by atoms with van der Waals surface area (Å²) >= 11 is 1.20. The maximum atomic E-state index is 11.9. The molecule has 0 bridgehead atoms. The molecule has 1 aromatic heterocycles. The van der Waals surface area contributed by atoms with Crippen LogP contribution in [-0.4, -0.2) is 30.3 Å². The first-order valence-corrected chi connectivity index (χ1v) is 6.43. The molecule has 0 unspecified atom stereocenters. The molecule has 100 valence electrons. The molecule has 0 aliphatic carbocycles. The maximum absolute atomic E-state index is 11.9. The quantitative estimate of drug-likeness (QED) is 0.896. The fraction of sp³-hybridized carbons (Fsp3) is 0.250. The van der Waals surface area contributed by atoms with Crippen molar-refractivity contribution in [1.82, 2.24) is 10.2 Å². The summed E-state index contributed by atoms with van der Waals surface area (Å²) < 4.78 is 5.17. The molecule has 6 nitrogen and oxygen atoms in total. The van der Waals surface area contributed by atoms with E-state index in [-0.39, 0.29) is 5.91 Å². The van der Waals surface area contributed by atoms with E-state index in [9.17, 15) is 4.79 Å². The van der Waals surface area contributed by atoms with Gasteiger partial charge in [0.1, 0.15) is 5.75 Å². The first-order chi connectivity index (χ1) is 9.13. The van der Waals surface area contributed by atoms with E-state index in [0.29, 0.717) is 15.8 Å². The maximum Gasteiger partial charge on any atom is 0.286 e. The van der Waals surface area contributed by atoms with Gasteiger partial charge in [0.05, 0.1) is 7.11 Å². The number of carbonyl (C=O) groups is 1. The van der Waals surface area contributed by atoms with Crippen LogP contribution in [0.5, 0.6) is 5.75 Å². The van der Waals surface area contributed by atoms with Crippen molar-refractivity contribution in [2.75, 3.05) is 24.8 Å². The van der Waals surface area contributed by atoms with Crippen molar-refractivity contribution in [3.63, 3.8) is 0 Å². The average molecular weight is 278 g/mol. The highest BCUT2D eigenvalue weighted by Crippen LogP contribution is 2.22. The Balaban J connectivity index is 2.12. The van der Waals surface area contributed by atoms with E-state index >= 15 is 0 Å². The Morgan fingerprint density at radius 3 is 2.74 bits per heavy atom. The number of hydrogen-bond acceptors (Lipinski definition) is 6. The van der Waals surface area contributed by atoms with E-state index in [1.165, 1.54) is 11.3 Å². The predicted molar refractivity (Wildman–Crippen MR) is 75.1 cm³/mol. The Kier molecular flexibility index (Phi) is 3.96. The lowest BCUT2D eigenvalue weighted by Crippen LogP contribution is -2.11. The van der Waals surface area contributed by atoms with Crippen LogP contribution in [0.4, 0.5) is 10.8 Å². The molecule has 0 saturated heterocycles. The van der Waals surface area contributed by atoms with Crippen molar-refractivity contribution < 1.29 is 9.53 Å². The van der Waals surface area contributed by atoms with E-state index in [1.807, 2.05) is 19.1 Å². The number of amides is 1. The number of anilines is 2. The van der Waals surface area contributed by atoms with Gasteiger partial charge in [0.25, 0.3) is 5.91 Å². The number of methoxy groups -OCH3 is 1. The fourth-order valence-corrected chi connectivity index (χ4v) is 2.15. The van der Waals surface area contributed by atoms with Gasteiger partial charge in [-0.25, -0.2) is 0 Å². The third-order valence-electron chi connectivity index (χ3n) is 2.49. The SMILES string of the molecule is CNc1nnc(C(=O)Nc2ccc(OC)c(C)c2)s1. The number of ether oxygens (including phenoxy) is 1. The van der Waals surface area contributed by atoms with E-state index in [4.69, 9.17) is 4.74 Å². The largest absolute Gasteiger partial charge is 0.496 e. The van der Waals surface area contributed by atoms with Gasteiger partial charge < -0.3 is 15.4 Å². The molecule has 1 heterocycles. The van der Waals surface area contributed by atoms with Crippen molar-refractivity contribution >= 4 is 28.1 Å². The Hall–Kier alpha value is -2.15. The molecule has 0 saturated carbocycles. The van der Waals surface area contributed by atoms with Gasteiger partial charge in [-0.3, -0.25) is 4.79 Å². The van der Waals surface area contributed by atoms with Crippen molar-refractivity contribution in [3.8, 4) is 5.75 Å². The zero-order valence-corrected chi connectivity index (χ0v) is 11.7. The van der Waals surface area contributed by atoms with Gasteiger partial charge in [-0.15, -0.1) is 10.2 Å². The van der Waals surface area contributed by atoms with Crippen LogP contribution >= 0.6 is 11.3 Å². The summed E-state index contributed by atoms with van der Waals surface area (Å²) in [5, 5.41) is 14.2. The molecular weight excluding hydrogens is 264 g/mol. The van der Waals surface area contributed by atoms with Crippen LogP contribution in [0.1, 0.15) is 15.4 Å². The van der Waals surface area contributed by atoms with E-state index < -0.39 is 0 Å². The minimum Gasteiger partial charge on any atom is -0.496 e. The summed E-state index contributed by atoms with van der Waals surface area (Å²) in [7, 11) is 3.34. The number of rotatable bonds is 4. The molecule has 2 aromatic rings. The third-order valence-corrected chi connectivity index (χ3v) is 3.43. The Morgan fingerprint density at radius 1 is 1.37 bits per heavy atom. The highest BCUT2D eigenvalue weighted by atomic mass is 32.1. The summed E-state index contributed by atoms with van der Waals surface area (Å²) in [6, 6.07) is 5.44. The number of nitrogens with one attached hydrogen (secondary N) is 2. The molecule has 1 amide bonds. The number of benzene rings is 1. The van der Waals surface area contributed by atoms with Gasteiger partial charge in [0.2, 0.25) is 10.1 Å². The standard InChI is InChI=1S/C12H14N4O2S/c1-7-6-8(4-5-9(7)18-3)14-10(17)11-15-16-12(13-2)19-11/h4-6H,1-3H3,(H,13,16)(H,14,17). The molecule has 19 heavy (non-hydrogen) atoms. The summed E-state index contributed by atoms with van der Waals surface area (Å²) in [6.45, 7) is 1.92. The molecule has 2 N–H and O–H groups in total. The summed E-state index contributed by atoms with van der Waals surface area (Å²) in [6.07, 6.45) is 0. The topological polar surface area (TPSA) is 76.1 Å². The number of nitrogens with zero attached hydrogens (tertiary/aromatic N) is 2. The van der Waals surface area contributed by atoms with E-state index in [0.717, 1.165) is 11.3 Å². The zero-order chi connectivity index (χ0) is 13.8. The molecule has 0 atom stereocenters. The van der Waals surface area contributed by atoms with Crippen molar-refractivity contribution in [3.05, 3.63) is 28.8 Å². The van der Waals surface area contributed by atoms with Crippen LogP contribution in [-0.2, 0) is 0 Å². The molecule has 1 aromatic carbocycles. The zero-order valence-electron chi connectivity index (χ0n) is 10.9. The summed E-state index contributed by atoms with van der Waals surface area (Å²) in [5.74, 6) is 0.509. The second kappa shape index (κ2) is 5.66. The fourth-order valence-electron chi connectivity index (χ4n) is 1.56. The van der Waals surface area contributed by atoms with Gasteiger partial charge in [-0.2, -0.15) is 0 Å². The molecule has 7 heteroatoms. The van der Waals surface area contributed by atoms with E-state index in [1.54, 1.807) is 20.2 Å². The molecule has 0 spiro atoms. The minimum atomic E-state index is -0.274. The Morgan fingerprint density at radius 2 is 2.16 bits per heavy atom. The van der Waals surface area contributed by atoms with Crippen molar-refractivity contribution in [2.24, 2.45) is 0 Å². The van der Waals surface area contributed by atoms with Gasteiger partial charge in [-0.05, 0) is 30.7 Å². The van der Waals surface area contributed by atoms with E-state index in [2.05, 4.69) is 20.8 Å². The average Bonchev–Trinajstić information content (AvgIpc) is 2.88. The van der Waals surface area contributed by atoms with Gasteiger partial charge >= 0.3 is 0 Å². The first kappa shape index (κ1) is 13.3. The van der Waals surface area contributed by atoms with Gasteiger partial charge in [0.15, 0.2) is 0 Å². The number of carbonyl (C=O) groups excluding carboxylic acids is 1. The lowest BCUT2D eigenvalue weighted by Gasteiger charge is -2.07. The van der Waals surface area contributed by atoms with Crippen molar-refractivity contribution in [1.29, 1.82) is 0 Å². The summed E-state index contributed by atoms with van der Waals surface area (Å²) in [4.78, 5) is 11.9. The molecule has 2 rings (SSSR count). The number of aromatic nitrogens is 2. The monoisotopic (exact) mass is 278 g/mol. The molecular formula is C12H14N4O2S. The second-order valence-corrected chi connectivity index (χ2v) is 4.78. The first-order valence-electron chi connectivity index (χ1n) is 5.61.